The fourth-order valence-corrected chi connectivity index (χ4v) is 2.15. The molecule has 0 radical (unpaired) electrons. The smallest absolute Gasteiger partial charge is 0.236 e. The molecule has 1 aliphatic rings. The van der Waals surface area contributed by atoms with Crippen molar-refractivity contribution in [2.75, 3.05) is 12.0 Å². The van der Waals surface area contributed by atoms with Crippen molar-refractivity contribution in [2.45, 2.75) is 6.42 Å². The summed E-state index contributed by atoms with van der Waals surface area (Å²) in [5.74, 6) is 0.579. The van der Waals surface area contributed by atoms with Gasteiger partial charge in [0, 0.05) is 23.5 Å². The lowest BCUT2D eigenvalue weighted by atomic mass is 10.2. The molecule has 4 nitrogen and oxygen atoms in total. The van der Waals surface area contributed by atoms with Crippen molar-refractivity contribution < 1.29 is 9.53 Å². The van der Waals surface area contributed by atoms with Gasteiger partial charge in [-0.15, -0.1) is 0 Å². The van der Waals surface area contributed by atoms with Gasteiger partial charge in [-0.2, -0.15) is 0 Å². The number of para-hydroxylation sites is 1. The summed E-state index contributed by atoms with van der Waals surface area (Å²) >= 11 is 0. The molecule has 1 aliphatic heterocycles. The summed E-state index contributed by atoms with van der Waals surface area (Å²) in [6.07, 6.45) is 2.09. The molecular formula is C14H12N2O2. The van der Waals surface area contributed by atoms with Crippen molar-refractivity contribution in [3.8, 4) is 5.88 Å². The number of nitrogens with zero attached hydrogens (tertiary/aromatic N) is 2. The minimum atomic E-state index is 0.0613. The predicted molar refractivity (Wildman–Crippen MR) is 68.1 cm³/mol. The van der Waals surface area contributed by atoms with Crippen molar-refractivity contribution in [2.24, 2.45) is 0 Å². The van der Waals surface area contributed by atoms with Crippen molar-refractivity contribution in [1.82, 2.24) is 4.98 Å². The topological polar surface area (TPSA) is 42.4 Å². The Morgan fingerprint density at radius 1 is 1.28 bits per heavy atom. The van der Waals surface area contributed by atoms with E-state index in [0.717, 1.165) is 16.9 Å². The summed E-state index contributed by atoms with van der Waals surface area (Å²) < 4.78 is 5.11. The van der Waals surface area contributed by atoms with Gasteiger partial charge in [0.05, 0.1) is 19.2 Å². The number of amides is 1. The van der Waals surface area contributed by atoms with Gasteiger partial charge in [0.1, 0.15) is 0 Å². The highest BCUT2D eigenvalue weighted by Gasteiger charge is 2.29. The summed E-state index contributed by atoms with van der Waals surface area (Å²) in [4.78, 5) is 17.9. The monoisotopic (exact) mass is 240 g/mol. The molecule has 3 rings (SSSR count). The molecule has 0 saturated heterocycles. The third-order valence-corrected chi connectivity index (χ3v) is 2.99. The maximum absolute atomic E-state index is 12.1. The van der Waals surface area contributed by atoms with Crippen LogP contribution in [0.4, 0.5) is 11.4 Å². The van der Waals surface area contributed by atoms with E-state index >= 15 is 0 Å². The van der Waals surface area contributed by atoms with Crippen LogP contribution < -0.4 is 9.64 Å². The average Bonchev–Trinajstić information content (AvgIpc) is 2.74. The maximum Gasteiger partial charge on any atom is 0.236 e. The number of methoxy groups -OCH3 is 1. The highest BCUT2D eigenvalue weighted by Crippen LogP contribution is 2.36. The Morgan fingerprint density at radius 3 is 2.78 bits per heavy atom. The van der Waals surface area contributed by atoms with Gasteiger partial charge >= 0.3 is 0 Å². The Morgan fingerprint density at radius 2 is 2.06 bits per heavy atom. The molecule has 0 N–H and O–H groups in total. The largest absolute Gasteiger partial charge is 0.481 e. The Labute approximate surface area is 105 Å². The van der Waals surface area contributed by atoms with Crippen LogP contribution in [0.15, 0.2) is 42.6 Å². The second kappa shape index (κ2) is 4.14. The molecule has 1 aromatic heterocycles. The van der Waals surface area contributed by atoms with Gasteiger partial charge in [-0.3, -0.25) is 9.69 Å². The second-order valence-corrected chi connectivity index (χ2v) is 4.10. The van der Waals surface area contributed by atoms with Gasteiger partial charge in [0.15, 0.2) is 0 Å². The molecule has 90 valence electrons. The van der Waals surface area contributed by atoms with Crippen molar-refractivity contribution >= 4 is 17.3 Å². The van der Waals surface area contributed by atoms with E-state index in [9.17, 15) is 4.79 Å². The van der Waals surface area contributed by atoms with Crippen LogP contribution >= 0.6 is 0 Å². The number of hydrogen-bond acceptors (Lipinski definition) is 3. The molecule has 4 heteroatoms. The highest BCUT2D eigenvalue weighted by molar-refractivity contribution is 6.07. The fourth-order valence-electron chi connectivity index (χ4n) is 2.15. The van der Waals surface area contributed by atoms with Gasteiger partial charge in [-0.05, 0) is 12.1 Å². The van der Waals surface area contributed by atoms with Crippen LogP contribution in [0, 0.1) is 0 Å². The zero-order chi connectivity index (χ0) is 12.5. The molecule has 0 bridgehead atoms. The van der Waals surface area contributed by atoms with Gasteiger partial charge in [0.25, 0.3) is 0 Å². The van der Waals surface area contributed by atoms with Gasteiger partial charge in [0.2, 0.25) is 11.8 Å². The molecule has 0 atom stereocenters. The molecule has 0 aliphatic carbocycles. The molecule has 1 aromatic carbocycles. The lowest BCUT2D eigenvalue weighted by Crippen LogP contribution is -2.20. The first kappa shape index (κ1) is 10.8. The van der Waals surface area contributed by atoms with Gasteiger partial charge in [-0.1, -0.05) is 18.2 Å². The molecule has 0 fully saturated rings. The Kier molecular flexibility index (Phi) is 2.48. The van der Waals surface area contributed by atoms with Crippen molar-refractivity contribution in [1.29, 1.82) is 0 Å². The lowest BCUT2D eigenvalue weighted by Gasteiger charge is -2.17. The van der Waals surface area contributed by atoms with Crippen LogP contribution in [-0.4, -0.2) is 18.0 Å². The fraction of sp³-hybridized carbons (Fsp3) is 0.143. The third-order valence-electron chi connectivity index (χ3n) is 2.99. The number of pyridine rings is 1. The van der Waals surface area contributed by atoms with Gasteiger partial charge < -0.3 is 4.74 Å². The average molecular weight is 240 g/mol. The van der Waals surface area contributed by atoms with Crippen molar-refractivity contribution in [3.63, 3.8) is 0 Å². The molecule has 1 amide bonds. The van der Waals surface area contributed by atoms with E-state index in [-0.39, 0.29) is 5.91 Å². The van der Waals surface area contributed by atoms with E-state index in [1.807, 2.05) is 30.3 Å². The number of ether oxygens (including phenoxy) is 1. The zero-order valence-electron chi connectivity index (χ0n) is 9.96. The van der Waals surface area contributed by atoms with Crippen molar-refractivity contribution in [3.05, 3.63) is 48.2 Å². The lowest BCUT2D eigenvalue weighted by molar-refractivity contribution is -0.116. The number of hydrogen-bond donors (Lipinski definition) is 0. The predicted octanol–water partition coefficient (Wildman–Crippen LogP) is 2.31. The van der Waals surface area contributed by atoms with Crippen LogP contribution in [0.1, 0.15) is 5.56 Å². The Bertz CT molecular complexity index is 596. The zero-order valence-corrected chi connectivity index (χ0v) is 9.96. The number of benzene rings is 1. The molecule has 0 spiro atoms. The number of aromatic nitrogens is 1. The molecular weight excluding hydrogens is 228 g/mol. The minimum absolute atomic E-state index is 0.0613. The number of rotatable bonds is 2. The third kappa shape index (κ3) is 1.62. The van der Waals surface area contributed by atoms with E-state index in [1.165, 1.54) is 0 Å². The molecule has 2 aromatic rings. The summed E-state index contributed by atoms with van der Waals surface area (Å²) in [5, 5.41) is 0. The first-order valence-corrected chi connectivity index (χ1v) is 5.70. The number of fused-ring (bicyclic) bond motifs is 1. The summed E-state index contributed by atoms with van der Waals surface area (Å²) in [6, 6.07) is 11.4. The van der Waals surface area contributed by atoms with E-state index in [2.05, 4.69) is 4.98 Å². The molecule has 18 heavy (non-hydrogen) atoms. The molecule has 2 heterocycles. The number of carbonyl (C=O) groups excluding carboxylic acids is 1. The van der Waals surface area contributed by atoms with Crippen LogP contribution in [0.3, 0.4) is 0 Å². The number of anilines is 2. The summed E-state index contributed by atoms with van der Waals surface area (Å²) in [7, 11) is 1.57. The summed E-state index contributed by atoms with van der Waals surface area (Å²) in [6.45, 7) is 0. The molecule has 0 unspecified atom stereocenters. The Hall–Kier alpha value is -2.36. The molecule has 0 saturated carbocycles. The quantitative estimate of drug-likeness (QED) is 0.809. The Balaban J connectivity index is 2.11. The first-order valence-electron chi connectivity index (χ1n) is 5.70. The van der Waals surface area contributed by atoms with Gasteiger partial charge in [-0.25, -0.2) is 4.98 Å². The maximum atomic E-state index is 12.1. The standard InChI is InChI=1S/C14H12N2O2/c1-18-13-8-12-10(9-15-13)7-14(17)16(12)11-5-3-2-4-6-11/h2-6,8-9H,7H2,1H3. The highest BCUT2D eigenvalue weighted by atomic mass is 16.5. The van der Waals surface area contributed by atoms with E-state index < -0.39 is 0 Å². The SMILES string of the molecule is COc1cc2c(cn1)CC(=O)N2c1ccccc1. The minimum Gasteiger partial charge on any atom is -0.481 e. The van der Waals surface area contributed by atoms with E-state index in [1.54, 1.807) is 24.3 Å². The number of carbonyl (C=O) groups is 1. The van der Waals surface area contributed by atoms with E-state index in [4.69, 9.17) is 4.74 Å². The normalized spacial score (nSPS) is 13.6. The first-order chi connectivity index (χ1) is 8.79. The van der Waals surface area contributed by atoms with Crippen LogP contribution in [-0.2, 0) is 11.2 Å². The van der Waals surface area contributed by atoms with E-state index in [0.29, 0.717) is 12.3 Å². The van der Waals surface area contributed by atoms with Crippen LogP contribution in [0.25, 0.3) is 0 Å². The second-order valence-electron chi connectivity index (χ2n) is 4.10. The summed E-state index contributed by atoms with van der Waals surface area (Å²) in [5.41, 5.74) is 2.66. The van der Waals surface area contributed by atoms with Crippen LogP contribution in [0.5, 0.6) is 5.88 Å². The van der Waals surface area contributed by atoms with Crippen LogP contribution in [0.2, 0.25) is 0 Å².